The van der Waals surface area contributed by atoms with E-state index in [1.807, 2.05) is 4.90 Å². The molecule has 2 aliphatic rings. The van der Waals surface area contributed by atoms with Gasteiger partial charge in [-0.1, -0.05) is 0 Å². The Morgan fingerprint density at radius 3 is 3.07 bits per heavy atom. The number of carbonyl (C=O) groups is 1. The first kappa shape index (κ1) is 8.89. The third-order valence-electron chi connectivity index (χ3n) is 3.52. The normalized spacial score (nSPS) is 28.1. The van der Waals surface area contributed by atoms with E-state index in [0.717, 1.165) is 24.1 Å². The van der Waals surface area contributed by atoms with Gasteiger partial charge >= 0.3 is 0 Å². The van der Waals surface area contributed by atoms with Crippen LogP contribution in [0.25, 0.3) is 0 Å². The predicted molar refractivity (Wildman–Crippen MR) is 55.2 cm³/mol. The minimum absolute atomic E-state index is 0.104. The molecule has 1 saturated heterocycles. The van der Waals surface area contributed by atoms with Crippen molar-refractivity contribution in [1.82, 2.24) is 0 Å². The summed E-state index contributed by atoms with van der Waals surface area (Å²) in [6.45, 7) is 2.08. The molecule has 1 aromatic rings. The molecule has 0 spiro atoms. The Morgan fingerprint density at radius 1 is 1.47 bits per heavy atom. The Morgan fingerprint density at radius 2 is 2.27 bits per heavy atom. The Bertz CT molecular complexity index is 457. The van der Waals surface area contributed by atoms with Gasteiger partial charge in [0.2, 0.25) is 5.91 Å². The molecule has 78 valence electrons. The van der Waals surface area contributed by atoms with Crippen LogP contribution >= 0.6 is 0 Å². The highest BCUT2D eigenvalue weighted by Crippen LogP contribution is 2.45. The molecule has 1 aromatic carbocycles. The summed E-state index contributed by atoms with van der Waals surface area (Å²) in [4.78, 5) is 13.6. The van der Waals surface area contributed by atoms with Crippen molar-refractivity contribution in [3.8, 4) is 0 Å². The fourth-order valence-corrected chi connectivity index (χ4v) is 2.82. The van der Waals surface area contributed by atoms with Crippen LogP contribution in [0, 0.1) is 5.82 Å². The molecule has 2 heterocycles. The van der Waals surface area contributed by atoms with Crippen molar-refractivity contribution >= 4 is 11.6 Å². The second-order valence-corrected chi connectivity index (χ2v) is 4.68. The second-order valence-electron chi connectivity index (χ2n) is 4.68. The zero-order valence-electron chi connectivity index (χ0n) is 8.59. The van der Waals surface area contributed by atoms with Crippen LogP contribution < -0.4 is 4.90 Å². The first-order valence-electron chi connectivity index (χ1n) is 5.22. The number of fused-ring (bicyclic) bond motifs is 3. The third kappa shape index (κ3) is 1.06. The summed E-state index contributed by atoms with van der Waals surface area (Å²) in [5.74, 6) is -0.0474. The fraction of sp³-hybridized carbons (Fsp3) is 0.417. The van der Waals surface area contributed by atoms with Crippen LogP contribution in [-0.2, 0) is 11.2 Å². The third-order valence-corrected chi connectivity index (χ3v) is 3.52. The van der Waals surface area contributed by atoms with Crippen LogP contribution in [0.3, 0.4) is 0 Å². The summed E-state index contributed by atoms with van der Waals surface area (Å²) in [6, 6.07) is 4.70. The maximum absolute atomic E-state index is 13.1. The van der Waals surface area contributed by atoms with Gasteiger partial charge < -0.3 is 4.90 Å². The highest BCUT2D eigenvalue weighted by Gasteiger charge is 2.47. The van der Waals surface area contributed by atoms with E-state index < -0.39 is 0 Å². The van der Waals surface area contributed by atoms with Gasteiger partial charge in [0.1, 0.15) is 5.82 Å². The van der Waals surface area contributed by atoms with E-state index in [2.05, 4.69) is 6.92 Å². The van der Waals surface area contributed by atoms with Crippen molar-refractivity contribution in [2.24, 2.45) is 0 Å². The standard InChI is InChI=1S/C12H12FNO/c1-12-5-4-11(15)14(12)10-3-2-9(13)6-8(10)7-12/h2-3,6H,4-5,7H2,1H3. The zero-order valence-corrected chi connectivity index (χ0v) is 8.59. The van der Waals surface area contributed by atoms with Crippen molar-refractivity contribution in [3.05, 3.63) is 29.6 Å². The number of amides is 1. The predicted octanol–water partition coefficient (Wildman–Crippen LogP) is 2.27. The van der Waals surface area contributed by atoms with E-state index in [1.165, 1.54) is 6.07 Å². The molecular weight excluding hydrogens is 193 g/mol. The number of nitrogens with zero attached hydrogens (tertiary/aromatic N) is 1. The molecule has 1 atom stereocenters. The molecule has 1 unspecified atom stereocenters. The van der Waals surface area contributed by atoms with E-state index in [-0.39, 0.29) is 17.3 Å². The van der Waals surface area contributed by atoms with Crippen LogP contribution in [0.2, 0.25) is 0 Å². The van der Waals surface area contributed by atoms with E-state index >= 15 is 0 Å². The first-order chi connectivity index (χ1) is 7.10. The number of hydrogen-bond donors (Lipinski definition) is 0. The molecule has 1 fully saturated rings. The molecule has 0 N–H and O–H groups in total. The molecule has 3 rings (SSSR count). The Hall–Kier alpha value is -1.38. The lowest BCUT2D eigenvalue weighted by molar-refractivity contribution is -0.117. The van der Waals surface area contributed by atoms with Crippen molar-refractivity contribution in [2.75, 3.05) is 4.90 Å². The number of carbonyl (C=O) groups excluding carboxylic acids is 1. The summed E-state index contributed by atoms with van der Waals surface area (Å²) in [5, 5.41) is 0. The van der Waals surface area contributed by atoms with Gasteiger partial charge in [-0.05, 0) is 43.5 Å². The van der Waals surface area contributed by atoms with E-state index in [9.17, 15) is 9.18 Å². The van der Waals surface area contributed by atoms with Gasteiger partial charge in [-0.25, -0.2) is 4.39 Å². The Balaban J connectivity index is 2.16. The van der Waals surface area contributed by atoms with Crippen molar-refractivity contribution in [2.45, 2.75) is 31.7 Å². The lowest BCUT2D eigenvalue weighted by Crippen LogP contribution is -2.40. The van der Waals surface area contributed by atoms with Gasteiger partial charge in [0.25, 0.3) is 0 Å². The van der Waals surface area contributed by atoms with Gasteiger partial charge in [0.15, 0.2) is 0 Å². The topological polar surface area (TPSA) is 20.3 Å². The van der Waals surface area contributed by atoms with E-state index in [4.69, 9.17) is 0 Å². The minimum atomic E-state index is -0.217. The molecule has 0 bridgehead atoms. The summed E-state index contributed by atoms with van der Waals surface area (Å²) < 4.78 is 13.1. The molecule has 2 aliphatic heterocycles. The number of anilines is 1. The fourth-order valence-electron chi connectivity index (χ4n) is 2.82. The molecule has 2 nitrogen and oxygen atoms in total. The minimum Gasteiger partial charge on any atom is -0.306 e. The van der Waals surface area contributed by atoms with Crippen molar-refractivity contribution < 1.29 is 9.18 Å². The van der Waals surface area contributed by atoms with Crippen LogP contribution in [0.4, 0.5) is 10.1 Å². The maximum Gasteiger partial charge on any atom is 0.227 e. The van der Waals surface area contributed by atoms with Crippen molar-refractivity contribution in [3.63, 3.8) is 0 Å². The van der Waals surface area contributed by atoms with E-state index in [0.29, 0.717) is 6.42 Å². The molecule has 0 radical (unpaired) electrons. The lowest BCUT2D eigenvalue weighted by atomic mass is 9.95. The van der Waals surface area contributed by atoms with E-state index in [1.54, 1.807) is 12.1 Å². The number of halogens is 1. The Labute approximate surface area is 87.7 Å². The second kappa shape index (κ2) is 2.60. The maximum atomic E-state index is 13.1. The number of hydrogen-bond acceptors (Lipinski definition) is 1. The number of benzene rings is 1. The monoisotopic (exact) mass is 205 g/mol. The summed E-state index contributed by atoms with van der Waals surface area (Å²) in [6.07, 6.45) is 2.28. The van der Waals surface area contributed by atoms with Gasteiger partial charge in [-0.2, -0.15) is 0 Å². The first-order valence-corrected chi connectivity index (χ1v) is 5.22. The zero-order chi connectivity index (χ0) is 10.6. The molecule has 0 aromatic heterocycles. The molecule has 3 heteroatoms. The van der Waals surface area contributed by atoms with Crippen LogP contribution in [0.1, 0.15) is 25.3 Å². The van der Waals surface area contributed by atoms with Crippen LogP contribution in [0.15, 0.2) is 18.2 Å². The van der Waals surface area contributed by atoms with Crippen LogP contribution in [-0.4, -0.2) is 11.4 Å². The van der Waals surface area contributed by atoms with Crippen LogP contribution in [0.5, 0.6) is 0 Å². The molecule has 0 saturated carbocycles. The largest absolute Gasteiger partial charge is 0.306 e. The molecule has 15 heavy (non-hydrogen) atoms. The quantitative estimate of drug-likeness (QED) is 0.636. The smallest absolute Gasteiger partial charge is 0.227 e. The number of rotatable bonds is 0. The SMILES string of the molecule is CC12CCC(=O)N1c1ccc(F)cc1C2. The highest BCUT2D eigenvalue weighted by atomic mass is 19.1. The molecular formula is C12H12FNO. The summed E-state index contributed by atoms with van der Waals surface area (Å²) >= 11 is 0. The van der Waals surface area contributed by atoms with Gasteiger partial charge in [-0.15, -0.1) is 0 Å². The summed E-state index contributed by atoms with van der Waals surface area (Å²) in [7, 11) is 0. The highest BCUT2D eigenvalue weighted by molar-refractivity contribution is 5.99. The van der Waals surface area contributed by atoms with Gasteiger partial charge in [0.05, 0.1) is 0 Å². The molecule has 0 aliphatic carbocycles. The lowest BCUT2D eigenvalue weighted by Gasteiger charge is -2.27. The average Bonchev–Trinajstić information content (AvgIpc) is 2.60. The van der Waals surface area contributed by atoms with Gasteiger partial charge in [-0.3, -0.25) is 4.79 Å². The van der Waals surface area contributed by atoms with Crippen molar-refractivity contribution in [1.29, 1.82) is 0 Å². The Kier molecular flexibility index (Phi) is 1.54. The van der Waals surface area contributed by atoms with Gasteiger partial charge in [0, 0.05) is 17.6 Å². The molecule has 1 amide bonds. The average molecular weight is 205 g/mol. The summed E-state index contributed by atoms with van der Waals surface area (Å²) in [5.41, 5.74) is 1.76.